The summed E-state index contributed by atoms with van der Waals surface area (Å²) in [6, 6.07) is 14.4. The first-order valence-electron chi connectivity index (χ1n) is 11.0. The van der Waals surface area contributed by atoms with Crippen LogP contribution in [0, 0.1) is 0 Å². The third-order valence-corrected chi connectivity index (χ3v) is 5.29. The number of piperazine rings is 1. The largest absolute Gasteiger partial charge is 0.493 e. The first-order chi connectivity index (χ1) is 15.9. The van der Waals surface area contributed by atoms with E-state index in [9.17, 15) is 14.7 Å². The van der Waals surface area contributed by atoms with Crippen molar-refractivity contribution in [3.05, 3.63) is 48.5 Å². The molecule has 1 aliphatic heterocycles. The van der Waals surface area contributed by atoms with Gasteiger partial charge in [-0.1, -0.05) is 12.1 Å². The van der Waals surface area contributed by atoms with Crippen molar-refractivity contribution in [2.45, 2.75) is 13.0 Å². The number of hydrogen-bond acceptors (Lipinski definition) is 7. The Morgan fingerprint density at radius 1 is 0.939 bits per heavy atom. The number of amides is 2. The van der Waals surface area contributed by atoms with Crippen molar-refractivity contribution in [1.82, 2.24) is 9.80 Å². The number of nitrogens with zero attached hydrogens (tertiary/aromatic N) is 2. The highest BCUT2D eigenvalue weighted by Gasteiger charge is 2.21. The molecule has 0 aliphatic carbocycles. The molecule has 2 amide bonds. The lowest BCUT2D eigenvalue weighted by molar-refractivity contribution is -0.118. The van der Waals surface area contributed by atoms with E-state index in [0.29, 0.717) is 36.0 Å². The Hall–Kier alpha value is -3.14. The molecular formula is C24H32N4O5. The first-order valence-corrected chi connectivity index (χ1v) is 11.0. The van der Waals surface area contributed by atoms with Crippen LogP contribution < -0.4 is 20.1 Å². The maximum Gasteiger partial charge on any atom is 0.238 e. The van der Waals surface area contributed by atoms with Crippen molar-refractivity contribution in [3.8, 4) is 11.5 Å². The molecule has 0 radical (unpaired) electrons. The summed E-state index contributed by atoms with van der Waals surface area (Å²) in [6.45, 7) is 5.48. The van der Waals surface area contributed by atoms with Crippen LogP contribution in [0.2, 0.25) is 0 Å². The van der Waals surface area contributed by atoms with E-state index in [1.807, 2.05) is 24.3 Å². The Bertz CT molecular complexity index is 913. The molecular weight excluding hydrogens is 424 g/mol. The van der Waals surface area contributed by atoms with Crippen molar-refractivity contribution in [3.63, 3.8) is 0 Å². The lowest BCUT2D eigenvalue weighted by Crippen LogP contribution is -2.50. The van der Waals surface area contributed by atoms with Gasteiger partial charge >= 0.3 is 0 Å². The van der Waals surface area contributed by atoms with Gasteiger partial charge in [0.1, 0.15) is 12.7 Å². The van der Waals surface area contributed by atoms with E-state index in [1.54, 1.807) is 31.4 Å². The average molecular weight is 457 g/mol. The molecule has 2 aromatic rings. The standard InChI is InChI=1S/C24H32N4O5/c1-18(29)25-19-7-9-20(10-8-19)26-24(31)16-28-13-11-27(12-14-28)15-21(30)17-33-23-6-4-3-5-22(23)32-2/h3-10,21,30H,11-17H2,1-2H3,(H,25,29)(H,26,31). The molecule has 1 unspecified atom stereocenters. The SMILES string of the molecule is COc1ccccc1OCC(O)CN1CCN(CC(=O)Nc2ccc(NC(C)=O)cc2)CC1. The number of carbonyl (C=O) groups excluding carboxylic acids is 2. The van der Waals surface area contributed by atoms with Gasteiger partial charge in [-0.2, -0.15) is 0 Å². The molecule has 9 heteroatoms. The number of rotatable bonds is 10. The highest BCUT2D eigenvalue weighted by atomic mass is 16.5. The van der Waals surface area contributed by atoms with Crippen LogP contribution in [-0.4, -0.2) is 85.8 Å². The van der Waals surface area contributed by atoms with Crippen LogP contribution in [0.4, 0.5) is 11.4 Å². The Morgan fingerprint density at radius 3 is 2.12 bits per heavy atom. The summed E-state index contributed by atoms with van der Waals surface area (Å²) in [4.78, 5) is 27.7. The summed E-state index contributed by atoms with van der Waals surface area (Å²) >= 11 is 0. The summed E-state index contributed by atoms with van der Waals surface area (Å²) in [5.41, 5.74) is 1.37. The Morgan fingerprint density at radius 2 is 1.52 bits per heavy atom. The van der Waals surface area contributed by atoms with E-state index in [2.05, 4.69) is 20.4 Å². The van der Waals surface area contributed by atoms with Crippen LogP contribution in [0.25, 0.3) is 0 Å². The van der Waals surface area contributed by atoms with Gasteiger partial charge in [0.2, 0.25) is 11.8 Å². The fourth-order valence-electron chi connectivity index (χ4n) is 3.65. The smallest absolute Gasteiger partial charge is 0.238 e. The fourth-order valence-corrected chi connectivity index (χ4v) is 3.65. The summed E-state index contributed by atoms with van der Waals surface area (Å²) in [7, 11) is 1.59. The van der Waals surface area contributed by atoms with Crippen molar-refractivity contribution in [1.29, 1.82) is 0 Å². The highest BCUT2D eigenvalue weighted by Crippen LogP contribution is 2.25. The molecule has 1 fully saturated rings. The molecule has 2 aromatic carbocycles. The molecule has 1 aliphatic rings. The lowest BCUT2D eigenvalue weighted by atomic mass is 10.2. The summed E-state index contributed by atoms with van der Waals surface area (Å²) in [6.07, 6.45) is -0.620. The lowest BCUT2D eigenvalue weighted by Gasteiger charge is -2.35. The van der Waals surface area contributed by atoms with Crippen LogP contribution in [0.1, 0.15) is 6.92 Å². The minimum atomic E-state index is -0.620. The number of anilines is 2. The van der Waals surface area contributed by atoms with Gasteiger partial charge in [0, 0.05) is 51.0 Å². The van der Waals surface area contributed by atoms with Crippen molar-refractivity contribution in [2.75, 3.05) is 63.6 Å². The Labute approximate surface area is 194 Å². The summed E-state index contributed by atoms with van der Waals surface area (Å²) < 4.78 is 11.0. The number of para-hydroxylation sites is 2. The summed E-state index contributed by atoms with van der Waals surface area (Å²) in [5.74, 6) is 1.03. The van der Waals surface area contributed by atoms with Gasteiger partial charge in [0.15, 0.2) is 11.5 Å². The van der Waals surface area contributed by atoms with E-state index >= 15 is 0 Å². The van der Waals surface area contributed by atoms with E-state index in [4.69, 9.17) is 9.47 Å². The maximum atomic E-state index is 12.4. The number of aliphatic hydroxyl groups excluding tert-OH is 1. The molecule has 0 saturated carbocycles. The molecule has 1 saturated heterocycles. The second kappa shape index (κ2) is 12.2. The minimum absolute atomic E-state index is 0.0824. The van der Waals surface area contributed by atoms with E-state index in [0.717, 1.165) is 26.2 Å². The third kappa shape index (κ3) is 8.05. The number of aliphatic hydroxyl groups is 1. The molecule has 0 aromatic heterocycles. The number of carbonyl (C=O) groups is 2. The van der Waals surface area contributed by atoms with Crippen molar-refractivity contribution < 1.29 is 24.2 Å². The van der Waals surface area contributed by atoms with Crippen LogP contribution in [0.3, 0.4) is 0 Å². The maximum absolute atomic E-state index is 12.4. The quantitative estimate of drug-likeness (QED) is 0.500. The average Bonchev–Trinajstić information content (AvgIpc) is 2.80. The van der Waals surface area contributed by atoms with E-state index in [1.165, 1.54) is 6.92 Å². The van der Waals surface area contributed by atoms with Gasteiger partial charge in [-0.25, -0.2) is 0 Å². The number of β-amino-alcohol motifs (C(OH)–C–C–N with tert-alkyl or cyclic N) is 1. The molecule has 3 N–H and O–H groups in total. The van der Waals surface area contributed by atoms with Crippen molar-refractivity contribution in [2.24, 2.45) is 0 Å². The zero-order valence-corrected chi connectivity index (χ0v) is 19.1. The molecule has 0 bridgehead atoms. The minimum Gasteiger partial charge on any atom is -0.493 e. The van der Waals surface area contributed by atoms with Gasteiger partial charge in [-0.15, -0.1) is 0 Å². The summed E-state index contributed by atoms with van der Waals surface area (Å²) in [5, 5.41) is 15.9. The monoisotopic (exact) mass is 456 g/mol. The number of nitrogens with one attached hydrogen (secondary N) is 2. The number of benzene rings is 2. The van der Waals surface area contributed by atoms with Gasteiger partial charge in [-0.3, -0.25) is 19.4 Å². The number of methoxy groups -OCH3 is 1. The normalized spacial score (nSPS) is 15.5. The predicted octanol–water partition coefficient (Wildman–Crippen LogP) is 1.65. The van der Waals surface area contributed by atoms with Crippen LogP contribution in [0.5, 0.6) is 11.5 Å². The van der Waals surface area contributed by atoms with Gasteiger partial charge < -0.3 is 25.2 Å². The second-order valence-electron chi connectivity index (χ2n) is 8.00. The Kier molecular flexibility index (Phi) is 9.05. The van der Waals surface area contributed by atoms with Crippen LogP contribution >= 0.6 is 0 Å². The number of ether oxygens (including phenoxy) is 2. The second-order valence-corrected chi connectivity index (χ2v) is 8.00. The Balaban J connectivity index is 1.35. The highest BCUT2D eigenvalue weighted by molar-refractivity contribution is 5.93. The fraction of sp³-hybridized carbons (Fsp3) is 0.417. The molecule has 3 rings (SSSR count). The molecule has 0 spiro atoms. The van der Waals surface area contributed by atoms with Crippen molar-refractivity contribution >= 4 is 23.2 Å². The van der Waals surface area contributed by atoms with E-state index in [-0.39, 0.29) is 18.4 Å². The van der Waals surface area contributed by atoms with Gasteiger partial charge in [0.05, 0.1) is 13.7 Å². The number of hydrogen-bond donors (Lipinski definition) is 3. The van der Waals surface area contributed by atoms with Gasteiger partial charge in [0.25, 0.3) is 0 Å². The van der Waals surface area contributed by atoms with Gasteiger partial charge in [-0.05, 0) is 36.4 Å². The predicted molar refractivity (Wildman–Crippen MR) is 127 cm³/mol. The van der Waals surface area contributed by atoms with Crippen LogP contribution in [-0.2, 0) is 9.59 Å². The molecule has 1 atom stereocenters. The molecule has 1 heterocycles. The van der Waals surface area contributed by atoms with E-state index < -0.39 is 6.10 Å². The third-order valence-electron chi connectivity index (χ3n) is 5.29. The molecule has 9 nitrogen and oxygen atoms in total. The molecule has 178 valence electrons. The topological polar surface area (TPSA) is 103 Å². The zero-order chi connectivity index (χ0) is 23.6. The first kappa shape index (κ1) is 24.5. The van der Waals surface area contributed by atoms with Crippen LogP contribution in [0.15, 0.2) is 48.5 Å². The molecule has 33 heavy (non-hydrogen) atoms. The zero-order valence-electron chi connectivity index (χ0n) is 19.1.